The highest BCUT2D eigenvalue weighted by molar-refractivity contribution is 6.43. The maximum atomic E-state index is 12.0. The molecule has 2 rings (SSSR count). The number of nitrogens with one attached hydrogen (secondary N) is 2. The van der Waals surface area contributed by atoms with Crippen molar-refractivity contribution in [2.75, 3.05) is 23.0 Å². The van der Waals surface area contributed by atoms with Crippen LogP contribution in [0.1, 0.15) is 22.8 Å². The lowest BCUT2D eigenvalue weighted by Gasteiger charge is -2.09. The van der Waals surface area contributed by atoms with Crippen LogP contribution in [-0.2, 0) is 14.3 Å². The standard InChI is InChI=1S/C18H19N3O4/c1-3-25-18(24)12-5-7-13(8-6-12)20-16(22)17(23)21-15-9-4-11(2)10-14(15)19/h4-10H,3,19H2,1-2H3,(H,20,22)(H,21,23). The second kappa shape index (κ2) is 7.96. The van der Waals surface area contributed by atoms with Gasteiger partial charge in [-0.3, -0.25) is 9.59 Å². The summed E-state index contributed by atoms with van der Waals surface area (Å²) in [7, 11) is 0. The lowest BCUT2D eigenvalue weighted by atomic mass is 10.2. The Labute approximate surface area is 145 Å². The summed E-state index contributed by atoms with van der Waals surface area (Å²) in [6.07, 6.45) is 0. The Bertz CT molecular complexity index is 800. The van der Waals surface area contributed by atoms with E-state index in [-0.39, 0.29) is 6.61 Å². The molecule has 2 aromatic carbocycles. The molecule has 0 saturated heterocycles. The fourth-order valence-corrected chi connectivity index (χ4v) is 2.07. The van der Waals surface area contributed by atoms with E-state index in [0.717, 1.165) is 5.56 Å². The predicted octanol–water partition coefficient (Wildman–Crippen LogP) is 2.33. The van der Waals surface area contributed by atoms with Crippen LogP contribution in [0, 0.1) is 6.92 Å². The van der Waals surface area contributed by atoms with E-state index >= 15 is 0 Å². The third kappa shape index (κ3) is 4.81. The minimum absolute atomic E-state index is 0.277. The van der Waals surface area contributed by atoms with Crippen LogP contribution in [-0.4, -0.2) is 24.4 Å². The zero-order chi connectivity index (χ0) is 18.4. The number of nitrogen functional groups attached to an aromatic ring is 1. The van der Waals surface area contributed by atoms with Gasteiger partial charge in [0.15, 0.2) is 0 Å². The van der Waals surface area contributed by atoms with Crippen LogP contribution in [0.2, 0.25) is 0 Å². The number of carbonyl (C=O) groups excluding carboxylic acids is 3. The number of ether oxygens (including phenoxy) is 1. The number of hydrogen-bond donors (Lipinski definition) is 3. The van der Waals surface area contributed by atoms with Gasteiger partial charge in [0.1, 0.15) is 0 Å². The van der Waals surface area contributed by atoms with Crippen LogP contribution in [0.4, 0.5) is 17.1 Å². The summed E-state index contributed by atoms with van der Waals surface area (Å²) in [5.41, 5.74) is 8.22. The van der Waals surface area contributed by atoms with Crippen molar-refractivity contribution in [1.82, 2.24) is 0 Å². The Balaban J connectivity index is 1.99. The molecule has 0 spiro atoms. The second-order valence-electron chi connectivity index (χ2n) is 5.30. The normalized spacial score (nSPS) is 10.0. The molecule has 130 valence electrons. The smallest absolute Gasteiger partial charge is 0.338 e. The molecule has 2 amide bonds. The highest BCUT2D eigenvalue weighted by atomic mass is 16.5. The first-order valence-electron chi connectivity index (χ1n) is 7.66. The number of carbonyl (C=O) groups is 3. The van der Waals surface area contributed by atoms with Crippen molar-refractivity contribution in [3.05, 3.63) is 53.6 Å². The monoisotopic (exact) mass is 341 g/mol. The Morgan fingerprint density at radius 3 is 2.24 bits per heavy atom. The van der Waals surface area contributed by atoms with Crippen molar-refractivity contribution in [3.8, 4) is 0 Å². The van der Waals surface area contributed by atoms with Gasteiger partial charge < -0.3 is 21.1 Å². The first-order chi connectivity index (χ1) is 11.9. The number of rotatable bonds is 4. The first-order valence-corrected chi connectivity index (χ1v) is 7.66. The molecular formula is C18H19N3O4. The Morgan fingerprint density at radius 2 is 1.64 bits per heavy atom. The third-order valence-corrected chi connectivity index (χ3v) is 3.32. The Morgan fingerprint density at radius 1 is 1.00 bits per heavy atom. The number of hydrogen-bond acceptors (Lipinski definition) is 5. The van der Waals surface area contributed by atoms with Gasteiger partial charge >= 0.3 is 17.8 Å². The van der Waals surface area contributed by atoms with E-state index in [4.69, 9.17) is 10.5 Å². The van der Waals surface area contributed by atoms with Gasteiger partial charge in [-0.2, -0.15) is 0 Å². The SMILES string of the molecule is CCOC(=O)c1ccc(NC(=O)C(=O)Nc2ccc(C)cc2N)cc1. The van der Waals surface area contributed by atoms with Crippen LogP contribution in [0.15, 0.2) is 42.5 Å². The number of amides is 2. The van der Waals surface area contributed by atoms with Crippen molar-refractivity contribution in [1.29, 1.82) is 0 Å². The average molecular weight is 341 g/mol. The summed E-state index contributed by atoms with van der Waals surface area (Å²) < 4.78 is 4.87. The van der Waals surface area contributed by atoms with E-state index in [1.165, 1.54) is 24.3 Å². The molecule has 0 aliphatic carbocycles. The minimum Gasteiger partial charge on any atom is -0.462 e. The molecule has 0 aromatic heterocycles. The summed E-state index contributed by atoms with van der Waals surface area (Å²) in [4.78, 5) is 35.5. The van der Waals surface area contributed by atoms with Crippen molar-refractivity contribution < 1.29 is 19.1 Å². The van der Waals surface area contributed by atoms with Crippen molar-refractivity contribution in [3.63, 3.8) is 0 Å². The number of benzene rings is 2. The van der Waals surface area contributed by atoms with Crippen LogP contribution in [0.5, 0.6) is 0 Å². The van der Waals surface area contributed by atoms with Gasteiger partial charge in [-0.15, -0.1) is 0 Å². The van der Waals surface area contributed by atoms with Crippen LogP contribution < -0.4 is 16.4 Å². The molecule has 4 N–H and O–H groups in total. The van der Waals surface area contributed by atoms with E-state index in [9.17, 15) is 14.4 Å². The average Bonchev–Trinajstić information content (AvgIpc) is 2.58. The van der Waals surface area contributed by atoms with Gasteiger partial charge in [0, 0.05) is 5.69 Å². The molecule has 7 nitrogen and oxygen atoms in total. The highest BCUT2D eigenvalue weighted by Gasteiger charge is 2.15. The molecule has 0 radical (unpaired) electrons. The van der Waals surface area contributed by atoms with E-state index in [1.54, 1.807) is 25.1 Å². The molecule has 0 fully saturated rings. The summed E-state index contributed by atoms with van der Waals surface area (Å²) in [5, 5.41) is 4.90. The van der Waals surface area contributed by atoms with Gasteiger partial charge in [0.25, 0.3) is 0 Å². The molecule has 0 bridgehead atoms. The molecule has 0 aliphatic heterocycles. The van der Waals surface area contributed by atoms with E-state index < -0.39 is 17.8 Å². The van der Waals surface area contributed by atoms with E-state index in [0.29, 0.717) is 22.6 Å². The maximum absolute atomic E-state index is 12.0. The lowest BCUT2D eigenvalue weighted by Crippen LogP contribution is -2.29. The van der Waals surface area contributed by atoms with Crippen LogP contribution in [0.3, 0.4) is 0 Å². The molecule has 0 saturated carbocycles. The van der Waals surface area contributed by atoms with E-state index in [2.05, 4.69) is 10.6 Å². The van der Waals surface area contributed by atoms with E-state index in [1.807, 2.05) is 6.92 Å². The molecule has 0 unspecified atom stereocenters. The number of anilines is 3. The van der Waals surface area contributed by atoms with Crippen molar-refractivity contribution in [2.24, 2.45) is 0 Å². The zero-order valence-corrected chi connectivity index (χ0v) is 14.0. The fourth-order valence-electron chi connectivity index (χ4n) is 2.07. The zero-order valence-electron chi connectivity index (χ0n) is 14.0. The largest absolute Gasteiger partial charge is 0.462 e. The summed E-state index contributed by atoms with van der Waals surface area (Å²) in [6, 6.07) is 11.1. The quantitative estimate of drug-likeness (QED) is 0.449. The molecule has 2 aromatic rings. The summed E-state index contributed by atoms with van der Waals surface area (Å²) >= 11 is 0. The van der Waals surface area contributed by atoms with Gasteiger partial charge in [-0.1, -0.05) is 6.07 Å². The predicted molar refractivity (Wildman–Crippen MR) is 95.2 cm³/mol. The molecule has 25 heavy (non-hydrogen) atoms. The molecule has 0 aliphatic rings. The molecular weight excluding hydrogens is 322 g/mol. The molecule has 0 heterocycles. The number of nitrogens with two attached hydrogens (primary N) is 1. The molecule has 0 atom stereocenters. The maximum Gasteiger partial charge on any atom is 0.338 e. The lowest BCUT2D eigenvalue weighted by molar-refractivity contribution is -0.132. The van der Waals surface area contributed by atoms with Crippen molar-refractivity contribution >= 4 is 34.8 Å². The van der Waals surface area contributed by atoms with Crippen LogP contribution in [0.25, 0.3) is 0 Å². The summed E-state index contributed by atoms with van der Waals surface area (Å²) in [5.74, 6) is -2.14. The topological polar surface area (TPSA) is 111 Å². The number of esters is 1. The van der Waals surface area contributed by atoms with Crippen molar-refractivity contribution in [2.45, 2.75) is 13.8 Å². The van der Waals surface area contributed by atoms with Crippen LogP contribution >= 0.6 is 0 Å². The first kappa shape index (κ1) is 18.0. The Hall–Kier alpha value is -3.35. The van der Waals surface area contributed by atoms with Gasteiger partial charge in [0.05, 0.1) is 23.5 Å². The molecule has 7 heteroatoms. The van der Waals surface area contributed by atoms with Gasteiger partial charge in [-0.05, 0) is 55.8 Å². The highest BCUT2D eigenvalue weighted by Crippen LogP contribution is 2.19. The van der Waals surface area contributed by atoms with Gasteiger partial charge in [0.2, 0.25) is 0 Å². The number of aryl methyl sites for hydroxylation is 1. The summed E-state index contributed by atoms with van der Waals surface area (Å²) in [6.45, 7) is 3.86. The fraction of sp³-hybridized carbons (Fsp3) is 0.167. The Kier molecular flexibility index (Phi) is 5.73. The minimum atomic E-state index is -0.844. The third-order valence-electron chi connectivity index (χ3n) is 3.32. The van der Waals surface area contributed by atoms with Gasteiger partial charge in [-0.25, -0.2) is 4.79 Å². The second-order valence-corrected chi connectivity index (χ2v) is 5.30.